The molecule has 1 unspecified atom stereocenters. The van der Waals surface area contributed by atoms with E-state index in [1.807, 2.05) is 0 Å². The van der Waals surface area contributed by atoms with Crippen molar-refractivity contribution in [3.63, 3.8) is 0 Å². The maximum absolute atomic E-state index is 9.11. The summed E-state index contributed by atoms with van der Waals surface area (Å²) >= 11 is 0. The highest BCUT2D eigenvalue weighted by Crippen LogP contribution is 2.18. The van der Waals surface area contributed by atoms with Gasteiger partial charge in [-0.3, -0.25) is 0 Å². The van der Waals surface area contributed by atoms with E-state index in [1.54, 1.807) is 0 Å². The van der Waals surface area contributed by atoms with E-state index in [4.69, 9.17) is 25.2 Å². The van der Waals surface area contributed by atoms with Crippen LogP contribution in [0.3, 0.4) is 0 Å². The topological polar surface area (TPSA) is 90.2 Å². The first-order chi connectivity index (χ1) is 5.15. The number of aliphatic hydroxyl groups is 4. The fraction of sp³-hybridized carbons (Fsp3) is 1.00. The molecule has 1 aliphatic heterocycles. The monoisotopic (exact) mass is 164 g/mol. The molecule has 1 heterocycles. The van der Waals surface area contributed by atoms with Crippen molar-refractivity contribution in [1.82, 2.24) is 0 Å². The zero-order valence-electron chi connectivity index (χ0n) is 5.92. The number of hydrogen-bond acceptors (Lipinski definition) is 5. The van der Waals surface area contributed by atoms with E-state index < -0.39 is 31.2 Å². The van der Waals surface area contributed by atoms with Crippen molar-refractivity contribution in [2.45, 2.75) is 31.0 Å². The van der Waals surface area contributed by atoms with Gasteiger partial charge in [-0.05, 0) is 0 Å². The van der Waals surface area contributed by atoms with E-state index in [9.17, 15) is 0 Å². The van der Waals surface area contributed by atoms with Crippen LogP contribution in [-0.2, 0) is 4.74 Å². The predicted molar refractivity (Wildman–Crippen MR) is 34.6 cm³/mol. The Bertz CT molecular complexity index is 128. The average Bonchev–Trinajstić information content (AvgIpc) is 1.96. The van der Waals surface area contributed by atoms with Crippen LogP contribution in [0.1, 0.15) is 6.42 Å². The van der Waals surface area contributed by atoms with Crippen LogP contribution in [-0.4, -0.2) is 51.6 Å². The van der Waals surface area contributed by atoms with E-state index in [-0.39, 0.29) is 6.42 Å². The Hall–Kier alpha value is -0.200. The van der Waals surface area contributed by atoms with Gasteiger partial charge in [0.1, 0.15) is 12.2 Å². The van der Waals surface area contributed by atoms with E-state index in [0.717, 1.165) is 0 Å². The molecule has 4 N–H and O–H groups in total. The van der Waals surface area contributed by atoms with Gasteiger partial charge in [0, 0.05) is 6.42 Å². The van der Waals surface area contributed by atoms with Gasteiger partial charge in [-0.2, -0.15) is 0 Å². The first-order valence-corrected chi connectivity index (χ1v) is 3.45. The second-order valence-electron chi connectivity index (χ2n) is 2.61. The first kappa shape index (κ1) is 8.89. The third kappa shape index (κ3) is 1.88. The molecule has 0 radical (unpaired) electrons. The van der Waals surface area contributed by atoms with Gasteiger partial charge >= 0.3 is 0 Å². The number of aliphatic hydroxyl groups excluding tert-OH is 4. The third-order valence-electron chi connectivity index (χ3n) is 1.73. The van der Waals surface area contributed by atoms with Gasteiger partial charge in [0.25, 0.3) is 0 Å². The van der Waals surface area contributed by atoms with Gasteiger partial charge in [0.2, 0.25) is 0 Å². The highest BCUT2D eigenvalue weighted by atomic mass is 16.6. The molecule has 5 nitrogen and oxygen atoms in total. The van der Waals surface area contributed by atoms with Crippen LogP contribution in [0.25, 0.3) is 0 Å². The number of hydrogen-bond donors (Lipinski definition) is 4. The Balaban J connectivity index is 2.51. The minimum absolute atomic E-state index is 0.0162. The standard InChI is InChI=1S/C6H12O5/c7-2-4-6(10)3(8)1-5(9)11-4/h3-10H,1-2H2/t3-,4-,5?,6+/m0/s1. The minimum Gasteiger partial charge on any atom is -0.394 e. The van der Waals surface area contributed by atoms with E-state index in [2.05, 4.69) is 0 Å². The molecule has 66 valence electrons. The Morgan fingerprint density at radius 3 is 2.45 bits per heavy atom. The summed E-state index contributed by atoms with van der Waals surface area (Å²) in [6.45, 7) is -0.407. The summed E-state index contributed by atoms with van der Waals surface area (Å²) in [6, 6.07) is 0. The summed E-state index contributed by atoms with van der Waals surface area (Å²) in [5, 5.41) is 35.6. The largest absolute Gasteiger partial charge is 0.394 e. The first-order valence-electron chi connectivity index (χ1n) is 3.45. The molecule has 0 spiro atoms. The van der Waals surface area contributed by atoms with Crippen LogP contribution in [0.4, 0.5) is 0 Å². The van der Waals surface area contributed by atoms with Crippen molar-refractivity contribution < 1.29 is 25.2 Å². The Morgan fingerprint density at radius 2 is 1.91 bits per heavy atom. The van der Waals surface area contributed by atoms with Gasteiger partial charge in [-0.25, -0.2) is 0 Å². The van der Waals surface area contributed by atoms with Gasteiger partial charge < -0.3 is 25.2 Å². The van der Waals surface area contributed by atoms with Crippen LogP contribution in [0.5, 0.6) is 0 Å². The zero-order valence-corrected chi connectivity index (χ0v) is 5.92. The summed E-state index contributed by atoms with van der Waals surface area (Å²) in [6.07, 6.45) is -4.11. The van der Waals surface area contributed by atoms with Crippen molar-refractivity contribution in [2.75, 3.05) is 6.61 Å². The molecule has 4 atom stereocenters. The minimum atomic E-state index is -1.11. The molecule has 1 rings (SSSR count). The highest BCUT2D eigenvalue weighted by Gasteiger charge is 2.35. The van der Waals surface area contributed by atoms with Crippen molar-refractivity contribution in [2.24, 2.45) is 0 Å². The third-order valence-corrected chi connectivity index (χ3v) is 1.73. The van der Waals surface area contributed by atoms with Gasteiger partial charge in [0.05, 0.1) is 12.7 Å². The average molecular weight is 164 g/mol. The maximum Gasteiger partial charge on any atom is 0.157 e. The predicted octanol–water partition coefficient (Wildman–Crippen LogP) is -2.19. The van der Waals surface area contributed by atoms with Gasteiger partial charge in [0.15, 0.2) is 6.29 Å². The van der Waals surface area contributed by atoms with E-state index in [1.165, 1.54) is 0 Å². The zero-order chi connectivity index (χ0) is 8.43. The van der Waals surface area contributed by atoms with Crippen molar-refractivity contribution in [1.29, 1.82) is 0 Å². The molecule has 0 aliphatic carbocycles. The molecule has 0 aromatic rings. The summed E-state index contributed by atoms with van der Waals surface area (Å²) in [4.78, 5) is 0. The fourth-order valence-corrected chi connectivity index (χ4v) is 1.08. The Labute approximate surface area is 63.8 Å². The lowest BCUT2D eigenvalue weighted by molar-refractivity contribution is -0.239. The van der Waals surface area contributed by atoms with Crippen LogP contribution in [0.15, 0.2) is 0 Å². The van der Waals surface area contributed by atoms with E-state index in [0.29, 0.717) is 0 Å². The Morgan fingerprint density at radius 1 is 1.27 bits per heavy atom. The molecule has 1 aliphatic rings. The van der Waals surface area contributed by atoms with Crippen molar-refractivity contribution >= 4 is 0 Å². The summed E-state index contributed by atoms with van der Waals surface area (Å²) in [5.41, 5.74) is 0. The maximum atomic E-state index is 9.11. The number of ether oxygens (including phenoxy) is 1. The van der Waals surface area contributed by atoms with Crippen molar-refractivity contribution in [3.8, 4) is 0 Å². The van der Waals surface area contributed by atoms with E-state index >= 15 is 0 Å². The van der Waals surface area contributed by atoms with Gasteiger partial charge in [-0.1, -0.05) is 0 Å². The van der Waals surface area contributed by atoms with Crippen LogP contribution < -0.4 is 0 Å². The molecule has 0 saturated carbocycles. The van der Waals surface area contributed by atoms with Crippen LogP contribution in [0.2, 0.25) is 0 Å². The number of rotatable bonds is 1. The molecule has 0 aromatic heterocycles. The molecular formula is C6H12O5. The van der Waals surface area contributed by atoms with Crippen molar-refractivity contribution in [3.05, 3.63) is 0 Å². The summed E-state index contributed by atoms with van der Waals surface area (Å²) in [5.74, 6) is 0. The molecule has 1 fully saturated rings. The lowest BCUT2D eigenvalue weighted by atomic mass is 10.0. The van der Waals surface area contributed by atoms with Gasteiger partial charge in [-0.15, -0.1) is 0 Å². The fourth-order valence-electron chi connectivity index (χ4n) is 1.08. The Kier molecular flexibility index (Phi) is 2.80. The molecule has 5 heteroatoms. The summed E-state index contributed by atoms with van der Waals surface area (Å²) < 4.78 is 4.71. The SMILES string of the molecule is OC[C@@H]1OC(O)C[C@H](O)[C@H]1O. The smallest absolute Gasteiger partial charge is 0.157 e. The quantitative estimate of drug-likeness (QED) is 0.353. The molecule has 0 bridgehead atoms. The second-order valence-corrected chi connectivity index (χ2v) is 2.61. The lowest BCUT2D eigenvalue weighted by Gasteiger charge is -2.33. The lowest BCUT2D eigenvalue weighted by Crippen LogP contribution is -2.49. The molecule has 0 aromatic carbocycles. The highest BCUT2D eigenvalue weighted by molar-refractivity contribution is 4.81. The molecule has 0 amide bonds. The normalized spacial score (nSPS) is 45.8. The second kappa shape index (κ2) is 3.46. The summed E-state index contributed by atoms with van der Waals surface area (Å²) in [7, 11) is 0. The molecular weight excluding hydrogens is 152 g/mol. The molecule has 11 heavy (non-hydrogen) atoms. The van der Waals surface area contributed by atoms with Crippen LogP contribution in [0, 0.1) is 0 Å². The molecule has 1 saturated heterocycles. The van der Waals surface area contributed by atoms with Crippen LogP contribution >= 0.6 is 0 Å².